The number of rotatable bonds is 4. The molecular formula is C15H15ClN2O5S2. The number of sulfone groups is 1. The lowest BCUT2D eigenvalue weighted by atomic mass is 10.0. The van der Waals surface area contributed by atoms with Crippen LogP contribution in [0.15, 0.2) is 28.5 Å². The van der Waals surface area contributed by atoms with E-state index in [4.69, 9.17) is 16.3 Å². The zero-order valence-electron chi connectivity index (χ0n) is 13.2. The molecule has 0 fully saturated rings. The molecule has 2 aromatic rings. The van der Waals surface area contributed by atoms with Crippen LogP contribution in [0, 0.1) is 10.1 Å². The molecule has 134 valence electrons. The SMILES string of the molecule is CS(=O)(=O)c1cc([N+](=O)[O-])c(NC2CCCOc3cc(Cl)ccc32)s1. The summed E-state index contributed by atoms with van der Waals surface area (Å²) >= 11 is 6.87. The molecule has 3 rings (SSSR count). The molecule has 0 amide bonds. The van der Waals surface area contributed by atoms with E-state index < -0.39 is 14.8 Å². The molecule has 0 saturated carbocycles. The Bertz CT molecular complexity index is 926. The van der Waals surface area contributed by atoms with E-state index in [-0.39, 0.29) is 20.9 Å². The lowest BCUT2D eigenvalue weighted by Gasteiger charge is -2.18. The highest BCUT2D eigenvalue weighted by Crippen LogP contribution is 2.42. The van der Waals surface area contributed by atoms with Crippen LogP contribution in [0.4, 0.5) is 10.7 Å². The highest BCUT2D eigenvalue weighted by Gasteiger charge is 2.27. The van der Waals surface area contributed by atoms with Crippen molar-refractivity contribution in [3.05, 3.63) is 45.0 Å². The van der Waals surface area contributed by atoms with Crippen LogP contribution >= 0.6 is 22.9 Å². The van der Waals surface area contributed by atoms with E-state index in [0.29, 0.717) is 23.8 Å². The molecule has 25 heavy (non-hydrogen) atoms. The zero-order valence-corrected chi connectivity index (χ0v) is 15.6. The normalized spacial score (nSPS) is 17.3. The molecule has 1 aromatic heterocycles. The third-order valence-electron chi connectivity index (χ3n) is 3.80. The summed E-state index contributed by atoms with van der Waals surface area (Å²) in [5.74, 6) is 0.630. The number of thiophene rings is 1. The molecule has 0 radical (unpaired) electrons. The first-order chi connectivity index (χ1) is 11.8. The van der Waals surface area contributed by atoms with Gasteiger partial charge in [0.15, 0.2) is 14.8 Å². The van der Waals surface area contributed by atoms with Gasteiger partial charge >= 0.3 is 5.69 Å². The summed E-state index contributed by atoms with van der Waals surface area (Å²) in [6, 6.07) is 6.12. The van der Waals surface area contributed by atoms with Crippen LogP contribution in [-0.4, -0.2) is 26.2 Å². The van der Waals surface area contributed by atoms with Crippen LogP contribution in [0.5, 0.6) is 5.75 Å². The van der Waals surface area contributed by atoms with Crippen molar-refractivity contribution < 1.29 is 18.1 Å². The standard InChI is InChI=1S/C15H15ClN2O5S2/c1-25(21,22)14-8-12(18(19)20)15(24-14)17-11-3-2-6-23-13-7-9(16)4-5-10(11)13/h4-5,7-8,11,17H,2-3,6H2,1H3. The molecule has 0 spiro atoms. The predicted octanol–water partition coefficient (Wildman–Crippen LogP) is 4.04. The van der Waals surface area contributed by atoms with E-state index in [9.17, 15) is 18.5 Å². The van der Waals surface area contributed by atoms with Crippen LogP contribution in [-0.2, 0) is 9.84 Å². The smallest absolute Gasteiger partial charge is 0.304 e. The number of halogens is 1. The first-order valence-corrected chi connectivity index (χ1v) is 10.5. The van der Waals surface area contributed by atoms with Gasteiger partial charge in [-0.25, -0.2) is 8.42 Å². The van der Waals surface area contributed by atoms with Crippen molar-refractivity contribution in [2.75, 3.05) is 18.2 Å². The maximum absolute atomic E-state index is 11.7. The Balaban J connectivity index is 2.00. The Morgan fingerprint density at radius 1 is 1.40 bits per heavy atom. The van der Waals surface area contributed by atoms with Crippen LogP contribution in [0.1, 0.15) is 24.4 Å². The second-order valence-corrected chi connectivity index (χ2v) is 9.41. The lowest BCUT2D eigenvalue weighted by Crippen LogP contribution is -2.10. The van der Waals surface area contributed by atoms with E-state index in [1.54, 1.807) is 12.1 Å². The first kappa shape index (κ1) is 18.0. The third-order valence-corrected chi connectivity index (χ3v) is 6.90. The quantitative estimate of drug-likeness (QED) is 0.612. The highest BCUT2D eigenvalue weighted by atomic mass is 35.5. The van der Waals surface area contributed by atoms with Gasteiger partial charge < -0.3 is 10.1 Å². The van der Waals surface area contributed by atoms with Gasteiger partial charge in [-0.15, -0.1) is 0 Å². The summed E-state index contributed by atoms with van der Waals surface area (Å²) in [4.78, 5) is 10.7. The van der Waals surface area contributed by atoms with Gasteiger partial charge in [-0.05, 0) is 25.0 Å². The summed E-state index contributed by atoms with van der Waals surface area (Å²) in [5, 5.41) is 15.2. The fourth-order valence-corrected chi connectivity index (χ4v) is 4.79. The van der Waals surface area contributed by atoms with Gasteiger partial charge in [-0.2, -0.15) is 0 Å². The minimum Gasteiger partial charge on any atom is -0.493 e. The molecule has 1 aliphatic heterocycles. The van der Waals surface area contributed by atoms with Crippen molar-refractivity contribution in [1.82, 2.24) is 0 Å². The van der Waals surface area contributed by atoms with Crippen LogP contribution in [0.25, 0.3) is 0 Å². The second kappa shape index (κ2) is 6.81. The Labute approximate surface area is 153 Å². The predicted molar refractivity (Wildman–Crippen MR) is 96.6 cm³/mol. The summed E-state index contributed by atoms with van der Waals surface area (Å²) in [6.45, 7) is 0.520. The first-order valence-electron chi connectivity index (χ1n) is 7.43. The van der Waals surface area contributed by atoms with Gasteiger partial charge in [0.25, 0.3) is 0 Å². The van der Waals surface area contributed by atoms with E-state index in [1.165, 1.54) is 0 Å². The van der Waals surface area contributed by atoms with E-state index in [1.807, 2.05) is 6.07 Å². The maximum atomic E-state index is 11.7. The van der Waals surface area contributed by atoms with Gasteiger partial charge in [-0.1, -0.05) is 29.0 Å². The number of ether oxygens (including phenoxy) is 1. The maximum Gasteiger partial charge on any atom is 0.304 e. The van der Waals surface area contributed by atoms with Gasteiger partial charge in [0, 0.05) is 22.9 Å². The van der Waals surface area contributed by atoms with E-state index in [2.05, 4.69) is 5.32 Å². The van der Waals surface area contributed by atoms with Crippen molar-refractivity contribution >= 4 is 43.5 Å². The van der Waals surface area contributed by atoms with Gasteiger partial charge in [-0.3, -0.25) is 10.1 Å². The number of nitro groups is 1. The molecular weight excluding hydrogens is 388 g/mol. The minimum atomic E-state index is -3.52. The number of hydrogen-bond acceptors (Lipinski definition) is 7. The van der Waals surface area contributed by atoms with Crippen molar-refractivity contribution in [3.63, 3.8) is 0 Å². The molecule has 1 atom stereocenters. The average Bonchev–Trinajstić information content (AvgIpc) is 2.85. The van der Waals surface area contributed by atoms with Gasteiger partial charge in [0.1, 0.15) is 9.96 Å². The van der Waals surface area contributed by atoms with Crippen LogP contribution in [0.3, 0.4) is 0 Å². The minimum absolute atomic E-state index is 0.0390. The molecule has 10 heteroatoms. The Kier molecular flexibility index (Phi) is 4.90. The largest absolute Gasteiger partial charge is 0.493 e. The number of fused-ring (bicyclic) bond motifs is 1. The monoisotopic (exact) mass is 402 g/mol. The zero-order chi connectivity index (χ0) is 18.2. The number of hydrogen-bond donors (Lipinski definition) is 1. The van der Waals surface area contributed by atoms with Crippen molar-refractivity contribution in [2.24, 2.45) is 0 Å². The van der Waals surface area contributed by atoms with Crippen molar-refractivity contribution in [2.45, 2.75) is 23.1 Å². The summed E-state index contributed by atoms with van der Waals surface area (Å²) < 4.78 is 29.1. The number of nitrogens with one attached hydrogen (secondary N) is 1. The van der Waals surface area contributed by atoms with E-state index in [0.717, 1.165) is 35.6 Å². The number of anilines is 1. The van der Waals surface area contributed by atoms with Gasteiger partial charge in [0.2, 0.25) is 0 Å². The summed E-state index contributed by atoms with van der Waals surface area (Å²) in [7, 11) is -3.52. The third kappa shape index (κ3) is 3.88. The Hall–Kier alpha value is -1.84. The molecule has 0 aliphatic carbocycles. The highest BCUT2D eigenvalue weighted by molar-refractivity contribution is 7.92. The molecule has 0 saturated heterocycles. The molecule has 1 unspecified atom stereocenters. The van der Waals surface area contributed by atoms with Gasteiger partial charge in [0.05, 0.1) is 17.6 Å². The Morgan fingerprint density at radius 3 is 2.84 bits per heavy atom. The van der Waals surface area contributed by atoms with E-state index >= 15 is 0 Å². The molecule has 1 aromatic carbocycles. The molecule has 1 aliphatic rings. The number of benzene rings is 1. The fourth-order valence-electron chi connectivity index (χ4n) is 2.64. The molecule has 0 bridgehead atoms. The second-order valence-electron chi connectivity index (χ2n) is 5.68. The topological polar surface area (TPSA) is 98.5 Å². The number of nitrogens with zero attached hydrogens (tertiary/aromatic N) is 1. The average molecular weight is 403 g/mol. The van der Waals surface area contributed by atoms with Crippen molar-refractivity contribution in [1.29, 1.82) is 0 Å². The molecule has 1 N–H and O–H groups in total. The molecule has 2 heterocycles. The lowest BCUT2D eigenvalue weighted by molar-refractivity contribution is -0.383. The molecule has 7 nitrogen and oxygen atoms in total. The summed E-state index contributed by atoms with van der Waals surface area (Å²) in [5.41, 5.74) is 0.594. The summed E-state index contributed by atoms with van der Waals surface area (Å²) in [6.07, 6.45) is 2.48. The fraction of sp³-hybridized carbons (Fsp3) is 0.333. The Morgan fingerprint density at radius 2 is 2.16 bits per heavy atom. The van der Waals surface area contributed by atoms with Crippen LogP contribution < -0.4 is 10.1 Å². The van der Waals surface area contributed by atoms with Crippen molar-refractivity contribution in [3.8, 4) is 5.75 Å². The van der Waals surface area contributed by atoms with Crippen LogP contribution in [0.2, 0.25) is 5.02 Å².